The average Bonchev–Trinajstić information content (AvgIpc) is 2.57. The predicted molar refractivity (Wildman–Crippen MR) is 60.5 cm³/mol. The maximum absolute atomic E-state index is 11.9. The van der Waals surface area contributed by atoms with Gasteiger partial charge in [-0.25, -0.2) is 13.1 Å². The van der Waals surface area contributed by atoms with Crippen molar-refractivity contribution >= 4 is 31.9 Å². The van der Waals surface area contributed by atoms with Crippen LogP contribution >= 0.6 is 15.9 Å². The molecule has 1 aromatic rings. The lowest BCUT2D eigenvalue weighted by molar-refractivity contribution is -0.142. The number of rotatable bonds is 4. The standard InChI is InChI=1S/C7H11BrN4O4S/c1-4(7(13)16-3)10-17(14,15)6-5(8)9-11-12(6)2/h4,10H,1-3H3. The van der Waals surface area contributed by atoms with Gasteiger partial charge < -0.3 is 4.74 Å². The minimum absolute atomic E-state index is 0.0737. The van der Waals surface area contributed by atoms with E-state index in [1.807, 2.05) is 0 Å². The summed E-state index contributed by atoms with van der Waals surface area (Å²) in [6, 6.07) is -0.994. The van der Waals surface area contributed by atoms with Gasteiger partial charge in [-0.2, -0.15) is 4.72 Å². The molecule has 0 saturated carbocycles. The van der Waals surface area contributed by atoms with Gasteiger partial charge in [-0.3, -0.25) is 4.79 Å². The Kier molecular flexibility index (Phi) is 4.22. The van der Waals surface area contributed by atoms with Gasteiger partial charge in [0.2, 0.25) is 5.03 Å². The number of esters is 1. The van der Waals surface area contributed by atoms with E-state index < -0.39 is 22.0 Å². The van der Waals surface area contributed by atoms with E-state index >= 15 is 0 Å². The fourth-order valence-electron chi connectivity index (χ4n) is 1.12. The molecule has 8 nitrogen and oxygen atoms in total. The van der Waals surface area contributed by atoms with Crippen molar-refractivity contribution in [1.82, 2.24) is 19.7 Å². The first kappa shape index (κ1) is 14.1. The first-order valence-electron chi connectivity index (χ1n) is 4.45. The Morgan fingerprint density at radius 2 is 2.18 bits per heavy atom. The van der Waals surface area contributed by atoms with E-state index in [0.717, 1.165) is 4.68 Å². The molecule has 1 N–H and O–H groups in total. The van der Waals surface area contributed by atoms with Crippen LogP contribution in [-0.2, 0) is 26.6 Å². The SMILES string of the molecule is COC(=O)C(C)NS(=O)(=O)c1c(Br)nnn1C. The van der Waals surface area contributed by atoms with Crippen LogP contribution in [0.2, 0.25) is 0 Å². The van der Waals surface area contributed by atoms with E-state index in [1.165, 1.54) is 21.1 Å². The number of carbonyl (C=O) groups is 1. The first-order chi connectivity index (χ1) is 7.79. The average molecular weight is 327 g/mol. The lowest BCUT2D eigenvalue weighted by Gasteiger charge is -2.11. The van der Waals surface area contributed by atoms with Crippen LogP contribution in [0.25, 0.3) is 0 Å². The number of halogens is 1. The summed E-state index contributed by atoms with van der Waals surface area (Å²) >= 11 is 2.97. The fourth-order valence-corrected chi connectivity index (χ4v) is 3.41. The molecule has 0 bridgehead atoms. The highest BCUT2D eigenvalue weighted by atomic mass is 79.9. The normalized spacial score (nSPS) is 13.4. The van der Waals surface area contributed by atoms with Crippen LogP contribution in [0.5, 0.6) is 0 Å². The molecule has 1 atom stereocenters. The van der Waals surface area contributed by atoms with Crippen LogP contribution in [0.15, 0.2) is 9.63 Å². The Labute approximate surface area is 107 Å². The highest BCUT2D eigenvalue weighted by molar-refractivity contribution is 9.10. The molecule has 0 amide bonds. The Balaban J connectivity index is 3.02. The molecule has 96 valence electrons. The number of carbonyl (C=O) groups excluding carboxylic acids is 1. The summed E-state index contributed by atoms with van der Waals surface area (Å²) in [5, 5.41) is 6.93. The van der Waals surface area contributed by atoms with Crippen LogP contribution in [-0.4, -0.2) is 42.5 Å². The van der Waals surface area contributed by atoms with E-state index in [1.54, 1.807) is 0 Å². The summed E-state index contributed by atoms with van der Waals surface area (Å²) in [5.74, 6) is -0.681. The van der Waals surface area contributed by atoms with Crippen molar-refractivity contribution in [2.75, 3.05) is 7.11 Å². The molecular formula is C7H11BrN4O4S. The maximum Gasteiger partial charge on any atom is 0.323 e. The van der Waals surface area contributed by atoms with E-state index in [-0.39, 0.29) is 9.63 Å². The second-order valence-corrected chi connectivity index (χ2v) is 5.56. The molecule has 0 aliphatic rings. The zero-order chi connectivity index (χ0) is 13.2. The van der Waals surface area contributed by atoms with E-state index in [2.05, 4.69) is 35.7 Å². The van der Waals surface area contributed by atoms with Crippen LogP contribution in [0.3, 0.4) is 0 Å². The molecule has 0 aromatic carbocycles. The molecule has 1 heterocycles. The van der Waals surface area contributed by atoms with Crippen molar-refractivity contribution in [2.24, 2.45) is 7.05 Å². The number of methoxy groups -OCH3 is 1. The van der Waals surface area contributed by atoms with Gasteiger partial charge in [-0.1, -0.05) is 5.21 Å². The lowest BCUT2D eigenvalue weighted by atomic mass is 10.4. The van der Waals surface area contributed by atoms with Gasteiger partial charge >= 0.3 is 5.97 Å². The van der Waals surface area contributed by atoms with Crippen LogP contribution in [0.4, 0.5) is 0 Å². The Morgan fingerprint density at radius 3 is 2.59 bits per heavy atom. The summed E-state index contributed by atoms with van der Waals surface area (Å²) in [5.41, 5.74) is 0. The van der Waals surface area contributed by atoms with E-state index in [9.17, 15) is 13.2 Å². The number of nitrogens with zero attached hydrogens (tertiary/aromatic N) is 3. The molecule has 1 aromatic heterocycles. The monoisotopic (exact) mass is 326 g/mol. The van der Waals surface area contributed by atoms with Crippen molar-refractivity contribution in [2.45, 2.75) is 18.0 Å². The second kappa shape index (κ2) is 5.10. The molecule has 0 aliphatic heterocycles. The molecular weight excluding hydrogens is 316 g/mol. The van der Waals surface area contributed by atoms with Gasteiger partial charge in [0.1, 0.15) is 6.04 Å². The van der Waals surface area contributed by atoms with Crippen molar-refractivity contribution in [1.29, 1.82) is 0 Å². The summed E-state index contributed by atoms with van der Waals surface area (Å²) in [4.78, 5) is 11.1. The lowest BCUT2D eigenvalue weighted by Crippen LogP contribution is -2.39. The van der Waals surface area contributed by atoms with Crippen molar-refractivity contribution < 1.29 is 17.9 Å². The maximum atomic E-state index is 11.9. The van der Waals surface area contributed by atoms with Gasteiger partial charge in [-0.15, -0.1) is 5.10 Å². The Bertz CT molecular complexity index is 506. The summed E-state index contributed by atoms with van der Waals surface area (Å²) in [7, 11) is -1.29. The predicted octanol–water partition coefficient (Wildman–Crippen LogP) is -0.583. The van der Waals surface area contributed by atoms with Gasteiger partial charge in [0.05, 0.1) is 7.11 Å². The zero-order valence-corrected chi connectivity index (χ0v) is 11.7. The third-order valence-electron chi connectivity index (χ3n) is 1.88. The minimum atomic E-state index is -3.89. The molecule has 0 fully saturated rings. The van der Waals surface area contributed by atoms with Crippen molar-refractivity contribution in [3.63, 3.8) is 0 Å². The quantitative estimate of drug-likeness (QED) is 0.742. The molecule has 0 spiro atoms. The number of sulfonamides is 1. The Hall–Kier alpha value is -1.00. The molecule has 10 heteroatoms. The number of nitrogens with one attached hydrogen (secondary N) is 1. The van der Waals surface area contributed by atoms with Gasteiger partial charge in [0, 0.05) is 7.05 Å². The third-order valence-corrected chi connectivity index (χ3v) is 4.31. The number of hydrogen-bond acceptors (Lipinski definition) is 6. The van der Waals surface area contributed by atoms with Gasteiger partial charge in [-0.05, 0) is 22.9 Å². The second-order valence-electron chi connectivity index (χ2n) is 3.18. The number of aryl methyl sites for hydroxylation is 1. The Morgan fingerprint density at radius 1 is 1.59 bits per heavy atom. The highest BCUT2D eigenvalue weighted by Crippen LogP contribution is 2.17. The minimum Gasteiger partial charge on any atom is -0.468 e. The summed E-state index contributed by atoms with van der Waals surface area (Å²) < 4.78 is 31.6. The molecule has 0 aliphatic carbocycles. The topological polar surface area (TPSA) is 103 Å². The van der Waals surface area contributed by atoms with Crippen LogP contribution < -0.4 is 4.72 Å². The van der Waals surface area contributed by atoms with E-state index in [4.69, 9.17) is 0 Å². The van der Waals surface area contributed by atoms with Crippen molar-refractivity contribution in [3.05, 3.63) is 4.60 Å². The number of hydrogen-bond donors (Lipinski definition) is 1. The van der Waals surface area contributed by atoms with Crippen LogP contribution in [0, 0.1) is 0 Å². The molecule has 0 radical (unpaired) electrons. The van der Waals surface area contributed by atoms with Gasteiger partial charge in [0.15, 0.2) is 4.60 Å². The molecule has 1 rings (SSSR count). The molecule has 0 saturated heterocycles. The molecule has 17 heavy (non-hydrogen) atoms. The fraction of sp³-hybridized carbons (Fsp3) is 0.571. The third kappa shape index (κ3) is 3.01. The van der Waals surface area contributed by atoms with Crippen LogP contribution in [0.1, 0.15) is 6.92 Å². The smallest absolute Gasteiger partial charge is 0.323 e. The van der Waals surface area contributed by atoms with Gasteiger partial charge in [0.25, 0.3) is 10.0 Å². The number of aromatic nitrogens is 3. The molecule has 1 unspecified atom stereocenters. The summed E-state index contributed by atoms with van der Waals surface area (Å²) in [6.45, 7) is 1.38. The van der Waals surface area contributed by atoms with Crippen molar-refractivity contribution in [3.8, 4) is 0 Å². The number of ether oxygens (including phenoxy) is 1. The zero-order valence-electron chi connectivity index (χ0n) is 9.34. The largest absolute Gasteiger partial charge is 0.468 e. The highest BCUT2D eigenvalue weighted by Gasteiger charge is 2.28. The summed E-state index contributed by atoms with van der Waals surface area (Å²) in [6.07, 6.45) is 0. The first-order valence-corrected chi connectivity index (χ1v) is 6.72. The van der Waals surface area contributed by atoms with E-state index in [0.29, 0.717) is 0 Å².